The fourth-order valence-electron chi connectivity index (χ4n) is 1.53. The molecule has 4 N–H and O–H groups in total. The molecule has 0 aliphatic rings. The Hall–Kier alpha value is -1.80. The molecular weight excluding hydrogens is 284 g/mol. The second-order valence-corrected chi connectivity index (χ2v) is 6.76. The van der Waals surface area contributed by atoms with E-state index in [0.717, 1.165) is 0 Å². The van der Waals surface area contributed by atoms with E-state index in [0.29, 0.717) is 0 Å². The van der Waals surface area contributed by atoms with Crippen molar-refractivity contribution in [2.24, 2.45) is 10.9 Å². The minimum absolute atomic E-state index is 0.113. The van der Waals surface area contributed by atoms with Crippen molar-refractivity contribution in [2.45, 2.75) is 31.1 Å². The normalized spacial score (nSPS) is 13.3. The summed E-state index contributed by atoms with van der Waals surface area (Å²) in [5, 5.41) is 5.15. The van der Waals surface area contributed by atoms with Crippen LogP contribution >= 0.6 is 0 Å². The first-order chi connectivity index (χ1) is 8.96. The van der Waals surface area contributed by atoms with Crippen molar-refractivity contribution in [3.05, 3.63) is 23.3 Å². The number of carbonyl (C=O) groups is 1. The number of nitrogens with two attached hydrogens (primary N) is 2. The molecule has 0 unspecified atom stereocenters. The average Bonchev–Trinajstić information content (AvgIpc) is 2.71. The highest BCUT2D eigenvalue weighted by Gasteiger charge is 2.29. The zero-order chi connectivity index (χ0) is 15.7. The zero-order valence-electron chi connectivity index (χ0n) is 11.8. The number of sulfonamides is 1. The van der Waals surface area contributed by atoms with Crippen LogP contribution in [0.25, 0.3) is 6.08 Å². The molecule has 0 aliphatic heterocycles. The van der Waals surface area contributed by atoms with Crippen LogP contribution in [0.1, 0.15) is 32.3 Å². The third-order valence-corrected chi connectivity index (χ3v) is 3.34. The van der Waals surface area contributed by atoms with Crippen molar-refractivity contribution in [1.82, 2.24) is 0 Å². The molecule has 0 fully saturated rings. The van der Waals surface area contributed by atoms with E-state index in [-0.39, 0.29) is 22.1 Å². The lowest BCUT2D eigenvalue weighted by molar-refractivity contribution is -0.136. The first-order valence-electron chi connectivity index (χ1n) is 5.69. The fraction of sp³-hybridized carbons (Fsp3) is 0.417. The topological polar surface area (TPSA) is 126 Å². The molecule has 0 spiro atoms. The van der Waals surface area contributed by atoms with Gasteiger partial charge in [-0.15, -0.1) is 0 Å². The molecule has 0 bridgehead atoms. The van der Waals surface area contributed by atoms with Crippen LogP contribution in [-0.4, -0.2) is 21.5 Å². The highest BCUT2D eigenvalue weighted by Crippen LogP contribution is 2.31. The molecule has 1 aromatic rings. The van der Waals surface area contributed by atoms with Crippen molar-refractivity contribution in [2.75, 3.05) is 7.11 Å². The molecule has 1 heterocycles. The number of primary sulfonamides is 1. The molecule has 0 saturated heterocycles. The predicted octanol–water partition coefficient (Wildman–Crippen LogP) is 0.697. The zero-order valence-corrected chi connectivity index (χ0v) is 12.6. The van der Waals surface area contributed by atoms with Crippen LogP contribution in [0.3, 0.4) is 0 Å². The molecule has 20 heavy (non-hydrogen) atoms. The first-order valence-corrected chi connectivity index (χ1v) is 7.24. The Balaban J connectivity index is 3.41. The Labute approximate surface area is 117 Å². The summed E-state index contributed by atoms with van der Waals surface area (Å²) in [6.07, 6.45) is 1.19. The minimum Gasteiger partial charge on any atom is -0.464 e. The van der Waals surface area contributed by atoms with E-state index >= 15 is 0 Å². The summed E-state index contributed by atoms with van der Waals surface area (Å²) in [4.78, 5) is 11.1. The molecule has 0 aliphatic carbocycles. The minimum atomic E-state index is -3.94. The lowest BCUT2D eigenvalue weighted by Gasteiger charge is -2.16. The maximum absolute atomic E-state index is 11.6. The van der Waals surface area contributed by atoms with Gasteiger partial charge in [-0.05, 0) is 0 Å². The van der Waals surface area contributed by atoms with Crippen LogP contribution in [0.5, 0.6) is 0 Å². The number of furan rings is 1. The molecule has 0 atom stereocenters. The van der Waals surface area contributed by atoms with Crippen LogP contribution in [0, 0.1) is 0 Å². The number of hydrogen-bond acceptors (Lipinski definition) is 6. The largest absolute Gasteiger partial charge is 0.464 e. The smallest absolute Gasteiger partial charge is 0.354 e. The highest BCUT2D eigenvalue weighted by atomic mass is 32.2. The van der Waals surface area contributed by atoms with Gasteiger partial charge in [0.15, 0.2) is 0 Å². The number of rotatable bonds is 3. The summed E-state index contributed by atoms with van der Waals surface area (Å²) in [5.74, 6) is -0.429. The molecule has 0 amide bonds. The lowest BCUT2D eigenvalue weighted by atomic mass is 9.93. The Kier molecular flexibility index (Phi) is 4.30. The quantitative estimate of drug-likeness (QED) is 0.625. The van der Waals surface area contributed by atoms with E-state index in [2.05, 4.69) is 4.74 Å². The van der Waals surface area contributed by atoms with Crippen LogP contribution in [-0.2, 0) is 25.0 Å². The number of hydrogen-bond donors (Lipinski definition) is 2. The van der Waals surface area contributed by atoms with Crippen molar-refractivity contribution in [1.29, 1.82) is 0 Å². The summed E-state index contributed by atoms with van der Waals surface area (Å²) in [7, 11) is -2.76. The van der Waals surface area contributed by atoms with Gasteiger partial charge in [-0.3, -0.25) is 0 Å². The summed E-state index contributed by atoms with van der Waals surface area (Å²) in [6.45, 7) is 5.33. The van der Waals surface area contributed by atoms with E-state index in [9.17, 15) is 13.2 Å². The van der Waals surface area contributed by atoms with Gasteiger partial charge < -0.3 is 14.9 Å². The predicted molar refractivity (Wildman–Crippen MR) is 73.0 cm³/mol. The molecule has 0 saturated carbocycles. The van der Waals surface area contributed by atoms with Crippen molar-refractivity contribution in [3.63, 3.8) is 0 Å². The second-order valence-electron chi connectivity index (χ2n) is 5.23. The molecule has 0 radical (unpaired) electrons. The van der Waals surface area contributed by atoms with Gasteiger partial charge in [0.25, 0.3) is 0 Å². The SMILES string of the molecule is COC(=O)C(N)=Cc1cc(S(N)(=O)=O)c(C(C)(C)C)o1. The van der Waals surface area contributed by atoms with Gasteiger partial charge in [0.1, 0.15) is 22.1 Å². The maximum atomic E-state index is 11.6. The highest BCUT2D eigenvalue weighted by molar-refractivity contribution is 7.89. The molecule has 8 heteroatoms. The summed E-state index contributed by atoms with van der Waals surface area (Å²) < 4.78 is 33.0. The summed E-state index contributed by atoms with van der Waals surface area (Å²) >= 11 is 0. The third-order valence-electron chi connectivity index (χ3n) is 2.42. The van der Waals surface area contributed by atoms with Crippen LogP contribution < -0.4 is 10.9 Å². The van der Waals surface area contributed by atoms with Crippen LogP contribution in [0.15, 0.2) is 21.1 Å². The molecular formula is C12H18N2O5S. The fourth-order valence-corrected chi connectivity index (χ4v) is 2.41. The number of esters is 1. The second kappa shape index (κ2) is 5.29. The van der Waals surface area contributed by atoms with E-state index in [1.165, 1.54) is 19.3 Å². The van der Waals surface area contributed by atoms with Gasteiger partial charge in [0.05, 0.1) is 7.11 Å². The number of carbonyl (C=O) groups excluding carboxylic acids is 1. The molecule has 112 valence electrons. The van der Waals surface area contributed by atoms with E-state index in [1.54, 1.807) is 20.8 Å². The summed E-state index contributed by atoms with van der Waals surface area (Å²) in [5.41, 5.74) is 4.70. The Morgan fingerprint density at radius 3 is 2.30 bits per heavy atom. The van der Waals surface area contributed by atoms with E-state index in [1.807, 2.05) is 0 Å². The molecule has 1 rings (SSSR count). The van der Waals surface area contributed by atoms with Gasteiger partial charge in [0, 0.05) is 17.6 Å². The molecule has 7 nitrogen and oxygen atoms in total. The van der Waals surface area contributed by atoms with Gasteiger partial charge in [-0.25, -0.2) is 18.4 Å². The third kappa shape index (κ3) is 3.61. The van der Waals surface area contributed by atoms with Gasteiger partial charge in [-0.1, -0.05) is 20.8 Å². The summed E-state index contributed by atoms with van der Waals surface area (Å²) in [6, 6.07) is 1.23. The van der Waals surface area contributed by atoms with Crippen molar-refractivity contribution >= 4 is 22.1 Å². The van der Waals surface area contributed by atoms with Crippen molar-refractivity contribution in [3.8, 4) is 0 Å². The van der Waals surface area contributed by atoms with Gasteiger partial charge in [0.2, 0.25) is 10.0 Å². The Bertz CT molecular complexity index is 650. The standard InChI is InChI=1S/C12H18N2O5S/c1-12(2,3)10-9(20(14,16)17)6-7(19-10)5-8(13)11(15)18-4/h5-6H,13H2,1-4H3,(H2,14,16,17). The lowest BCUT2D eigenvalue weighted by Crippen LogP contribution is -2.19. The maximum Gasteiger partial charge on any atom is 0.354 e. The Morgan fingerprint density at radius 1 is 1.40 bits per heavy atom. The van der Waals surface area contributed by atoms with Crippen LogP contribution in [0.2, 0.25) is 0 Å². The first kappa shape index (κ1) is 16.3. The average molecular weight is 302 g/mol. The molecule has 1 aromatic heterocycles. The van der Waals surface area contributed by atoms with Gasteiger partial charge >= 0.3 is 5.97 Å². The van der Waals surface area contributed by atoms with Crippen LogP contribution in [0.4, 0.5) is 0 Å². The van der Waals surface area contributed by atoms with Crippen molar-refractivity contribution < 1.29 is 22.4 Å². The molecule has 0 aromatic carbocycles. The Morgan fingerprint density at radius 2 is 1.95 bits per heavy atom. The van der Waals surface area contributed by atoms with Gasteiger partial charge in [-0.2, -0.15) is 0 Å². The van der Waals surface area contributed by atoms with E-state index < -0.39 is 21.4 Å². The number of methoxy groups -OCH3 is 1. The number of ether oxygens (including phenoxy) is 1. The monoisotopic (exact) mass is 302 g/mol. The van der Waals surface area contributed by atoms with E-state index in [4.69, 9.17) is 15.3 Å².